The van der Waals surface area contributed by atoms with E-state index in [-0.39, 0.29) is 23.7 Å². The molecular formula is C23H20N6O3. The van der Waals surface area contributed by atoms with Crippen molar-refractivity contribution in [2.75, 3.05) is 7.11 Å². The summed E-state index contributed by atoms with van der Waals surface area (Å²) in [6, 6.07) is 15.1. The smallest absolute Gasteiger partial charge is 0.267 e. The van der Waals surface area contributed by atoms with E-state index in [0.717, 1.165) is 12.0 Å². The molecule has 0 fully saturated rings. The zero-order valence-corrected chi connectivity index (χ0v) is 17.4. The molecule has 160 valence electrons. The third-order valence-corrected chi connectivity index (χ3v) is 5.32. The maximum atomic E-state index is 13.1. The predicted octanol–water partition coefficient (Wildman–Crippen LogP) is 2.21. The molecule has 0 atom stereocenters. The molecule has 0 bridgehead atoms. The zero-order chi connectivity index (χ0) is 22.1. The Labute approximate surface area is 182 Å². The highest BCUT2D eigenvalue weighted by Gasteiger charge is 2.13. The molecule has 0 spiro atoms. The molecule has 1 aromatic carbocycles. The normalized spacial score (nSPS) is 11.4. The van der Waals surface area contributed by atoms with Crippen molar-refractivity contribution in [3.8, 4) is 5.95 Å². The lowest BCUT2D eigenvalue weighted by atomic mass is 10.1. The molecule has 0 aliphatic heterocycles. The number of pyridine rings is 3. The molecule has 4 aromatic heterocycles. The van der Waals surface area contributed by atoms with Crippen LogP contribution in [0.15, 0.2) is 70.5 Å². The van der Waals surface area contributed by atoms with Crippen LogP contribution in [0, 0.1) is 0 Å². The topological polar surface area (TPSA) is 108 Å². The molecule has 0 saturated carbocycles. The summed E-state index contributed by atoms with van der Waals surface area (Å²) in [5.74, 6) is 0.713. The molecule has 9 nitrogen and oxygen atoms in total. The standard InChI is InChI=1S/C23H20N6O3/c1-32-14-20-25-23(27-26-20)29-12-9-19-17(22(29)31)13-16-18(24-19)8-11-28(21(16)30)10-7-15-5-3-2-4-6-15/h2-6,8-9,11-13H,7,10,14H2,1H3,(H,25,26,27). The van der Waals surface area contributed by atoms with Crippen molar-refractivity contribution in [2.45, 2.75) is 19.6 Å². The molecule has 0 aliphatic carbocycles. The number of aromatic nitrogens is 6. The minimum atomic E-state index is -0.348. The van der Waals surface area contributed by atoms with Crippen LogP contribution in [0.1, 0.15) is 11.4 Å². The minimum Gasteiger partial charge on any atom is -0.377 e. The second-order valence-electron chi connectivity index (χ2n) is 7.41. The molecule has 0 aliphatic rings. The molecule has 0 radical (unpaired) electrons. The van der Waals surface area contributed by atoms with Gasteiger partial charge in [0.2, 0.25) is 0 Å². The van der Waals surface area contributed by atoms with Gasteiger partial charge in [-0.2, -0.15) is 4.98 Å². The number of hydrogen-bond acceptors (Lipinski definition) is 6. The van der Waals surface area contributed by atoms with Crippen molar-refractivity contribution in [1.82, 2.24) is 29.3 Å². The van der Waals surface area contributed by atoms with Crippen LogP contribution in [0.3, 0.4) is 0 Å². The highest BCUT2D eigenvalue weighted by molar-refractivity contribution is 5.91. The van der Waals surface area contributed by atoms with E-state index >= 15 is 0 Å². The maximum absolute atomic E-state index is 13.1. The van der Waals surface area contributed by atoms with E-state index in [2.05, 4.69) is 20.2 Å². The van der Waals surface area contributed by atoms with Gasteiger partial charge in [0.15, 0.2) is 5.82 Å². The first-order valence-corrected chi connectivity index (χ1v) is 10.1. The summed E-state index contributed by atoms with van der Waals surface area (Å²) >= 11 is 0. The van der Waals surface area contributed by atoms with Crippen LogP contribution in [0.5, 0.6) is 0 Å². The monoisotopic (exact) mass is 428 g/mol. The van der Waals surface area contributed by atoms with Gasteiger partial charge in [-0.15, -0.1) is 5.10 Å². The number of ether oxygens (including phenoxy) is 1. The van der Waals surface area contributed by atoms with Crippen LogP contribution < -0.4 is 11.1 Å². The average Bonchev–Trinajstić information content (AvgIpc) is 3.27. The number of H-pyrrole nitrogens is 1. The summed E-state index contributed by atoms with van der Waals surface area (Å²) in [7, 11) is 1.55. The van der Waals surface area contributed by atoms with Gasteiger partial charge in [0.1, 0.15) is 6.61 Å². The van der Waals surface area contributed by atoms with Crippen LogP contribution >= 0.6 is 0 Å². The Balaban J connectivity index is 1.57. The minimum absolute atomic E-state index is 0.178. The zero-order valence-electron chi connectivity index (χ0n) is 17.4. The maximum Gasteiger partial charge on any atom is 0.267 e. The number of aryl methyl sites for hydroxylation is 2. The first-order valence-electron chi connectivity index (χ1n) is 10.1. The molecule has 0 unspecified atom stereocenters. The van der Waals surface area contributed by atoms with Gasteiger partial charge in [-0.25, -0.2) is 9.55 Å². The van der Waals surface area contributed by atoms with Crippen molar-refractivity contribution in [3.05, 3.63) is 93.0 Å². The average molecular weight is 428 g/mol. The lowest BCUT2D eigenvalue weighted by Crippen LogP contribution is -2.22. The van der Waals surface area contributed by atoms with E-state index in [1.807, 2.05) is 30.3 Å². The quantitative estimate of drug-likeness (QED) is 0.416. The summed E-state index contributed by atoms with van der Waals surface area (Å²) in [5, 5.41) is 7.55. The Bertz CT molecular complexity index is 1540. The summed E-state index contributed by atoms with van der Waals surface area (Å²) in [4.78, 5) is 35.0. The van der Waals surface area contributed by atoms with Gasteiger partial charge in [0, 0.05) is 26.0 Å². The lowest BCUT2D eigenvalue weighted by molar-refractivity contribution is 0.178. The number of hydrogen-bond donors (Lipinski definition) is 1. The molecule has 9 heteroatoms. The number of fused-ring (bicyclic) bond motifs is 2. The molecule has 1 N–H and O–H groups in total. The second-order valence-corrected chi connectivity index (χ2v) is 7.41. The van der Waals surface area contributed by atoms with Crippen molar-refractivity contribution < 1.29 is 4.74 Å². The van der Waals surface area contributed by atoms with Crippen molar-refractivity contribution in [1.29, 1.82) is 0 Å². The van der Waals surface area contributed by atoms with Crippen molar-refractivity contribution in [3.63, 3.8) is 0 Å². The number of methoxy groups -OCH3 is 1. The fourth-order valence-corrected chi connectivity index (χ4v) is 3.69. The first kappa shape index (κ1) is 19.8. The lowest BCUT2D eigenvalue weighted by Gasteiger charge is -2.08. The Morgan fingerprint density at radius 1 is 0.938 bits per heavy atom. The van der Waals surface area contributed by atoms with Gasteiger partial charge >= 0.3 is 0 Å². The molecule has 5 aromatic rings. The van der Waals surface area contributed by atoms with Gasteiger partial charge in [-0.1, -0.05) is 30.3 Å². The second kappa shape index (κ2) is 8.20. The van der Waals surface area contributed by atoms with Crippen LogP contribution in [-0.4, -0.2) is 36.4 Å². The Kier molecular flexibility index (Phi) is 5.08. The SMILES string of the molecule is COCc1nc(-n2ccc3nc4ccn(CCc5ccccc5)c(=O)c4cc3c2=O)n[nH]1. The molecular weight excluding hydrogens is 408 g/mol. The van der Waals surface area contributed by atoms with Crippen LogP contribution in [-0.2, 0) is 24.3 Å². The third kappa shape index (κ3) is 3.58. The van der Waals surface area contributed by atoms with Gasteiger partial charge in [0.05, 0.1) is 21.8 Å². The van der Waals surface area contributed by atoms with Gasteiger partial charge in [-0.05, 0) is 30.2 Å². The molecule has 32 heavy (non-hydrogen) atoms. The molecule has 0 saturated heterocycles. The van der Waals surface area contributed by atoms with E-state index in [0.29, 0.717) is 34.2 Å². The summed E-state index contributed by atoms with van der Waals surface area (Å²) in [5.41, 5.74) is 1.68. The van der Waals surface area contributed by atoms with Crippen molar-refractivity contribution in [2.24, 2.45) is 0 Å². The first-order chi connectivity index (χ1) is 15.6. The Morgan fingerprint density at radius 3 is 2.47 bits per heavy atom. The van der Waals surface area contributed by atoms with E-state index in [4.69, 9.17) is 4.74 Å². The van der Waals surface area contributed by atoms with Crippen LogP contribution in [0.25, 0.3) is 27.8 Å². The summed E-state index contributed by atoms with van der Waals surface area (Å²) in [6.45, 7) is 0.791. The Hall–Kier alpha value is -4.11. The fourth-order valence-electron chi connectivity index (χ4n) is 3.69. The molecule has 4 heterocycles. The highest BCUT2D eigenvalue weighted by atomic mass is 16.5. The third-order valence-electron chi connectivity index (χ3n) is 5.32. The summed E-state index contributed by atoms with van der Waals surface area (Å²) < 4.78 is 8.00. The van der Waals surface area contributed by atoms with Crippen LogP contribution in [0.4, 0.5) is 0 Å². The van der Waals surface area contributed by atoms with Crippen LogP contribution in [0.2, 0.25) is 0 Å². The van der Waals surface area contributed by atoms with E-state index in [1.54, 1.807) is 42.3 Å². The molecule has 0 amide bonds. The molecule has 5 rings (SSSR count). The number of benzene rings is 1. The van der Waals surface area contributed by atoms with Gasteiger partial charge < -0.3 is 9.30 Å². The highest BCUT2D eigenvalue weighted by Crippen LogP contribution is 2.15. The van der Waals surface area contributed by atoms with Crippen molar-refractivity contribution >= 4 is 21.8 Å². The Morgan fingerprint density at radius 2 is 1.69 bits per heavy atom. The fraction of sp³-hybridized carbons (Fsp3) is 0.174. The van der Waals surface area contributed by atoms with Gasteiger partial charge in [0.25, 0.3) is 17.1 Å². The number of rotatable bonds is 6. The van der Waals surface area contributed by atoms with E-state index in [1.165, 1.54) is 4.57 Å². The predicted molar refractivity (Wildman–Crippen MR) is 120 cm³/mol. The van der Waals surface area contributed by atoms with E-state index in [9.17, 15) is 9.59 Å². The summed E-state index contributed by atoms with van der Waals surface area (Å²) in [6.07, 6.45) is 4.05. The number of nitrogens with zero attached hydrogens (tertiary/aromatic N) is 5. The van der Waals surface area contributed by atoms with E-state index < -0.39 is 0 Å². The van der Waals surface area contributed by atoms with Gasteiger partial charge in [-0.3, -0.25) is 14.7 Å². The largest absolute Gasteiger partial charge is 0.377 e. The number of nitrogens with one attached hydrogen (secondary N) is 1. The number of aromatic amines is 1.